The number of rotatable bonds is 5. The molecule has 0 fully saturated rings. The number of carboxylic acids is 1. The van der Waals surface area contributed by atoms with Gasteiger partial charge in [-0.15, -0.1) is 11.3 Å². The molecule has 1 N–H and O–H groups in total. The Balaban J connectivity index is 2.52. The minimum absolute atomic E-state index is 0.313. The van der Waals surface area contributed by atoms with Gasteiger partial charge in [0.1, 0.15) is 15.6 Å². The van der Waals surface area contributed by atoms with Crippen molar-refractivity contribution in [3.05, 3.63) is 33.2 Å². The molecule has 0 amide bonds. The molecule has 0 bridgehead atoms. The maximum Gasteiger partial charge on any atom is 0.347 e. The number of hydrogen-bond acceptors (Lipinski definition) is 4. The normalized spacial score (nSPS) is 10.9. The van der Waals surface area contributed by atoms with Crippen molar-refractivity contribution in [1.29, 1.82) is 0 Å². The highest BCUT2D eigenvalue weighted by atomic mass is 79.9. The van der Waals surface area contributed by atoms with Crippen LogP contribution in [-0.2, 0) is 6.42 Å². The van der Waals surface area contributed by atoms with Crippen LogP contribution in [0.1, 0.15) is 29.2 Å². The number of aromatic nitrogens is 1. The summed E-state index contributed by atoms with van der Waals surface area (Å²) in [7, 11) is 1.60. The average molecular weight is 370 g/mol. The molecule has 0 aliphatic carbocycles. The SMILES string of the molecule is COc1ccc(Br)c(-c2nc(CC(C)C)c(C(=O)O)s2)c1. The zero-order valence-electron chi connectivity index (χ0n) is 12.0. The molecule has 1 aromatic heterocycles. The summed E-state index contributed by atoms with van der Waals surface area (Å²) in [5.74, 6) is 0.144. The van der Waals surface area contributed by atoms with Gasteiger partial charge in [-0.1, -0.05) is 29.8 Å². The van der Waals surface area contributed by atoms with Crippen LogP contribution in [0.3, 0.4) is 0 Å². The molecule has 21 heavy (non-hydrogen) atoms. The summed E-state index contributed by atoms with van der Waals surface area (Å²) >= 11 is 4.68. The highest BCUT2D eigenvalue weighted by Crippen LogP contribution is 2.36. The highest BCUT2D eigenvalue weighted by molar-refractivity contribution is 9.10. The molecule has 112 valence electrons. The number of halogens is 1. The second kappa shape index (κ2) is 6.58. The Morgan fingerprint density at radius 3 is 2.76 bits per heavy atom. The van der Waals surface area contributed by atoms with E-state index < -0.39 is 5.97 Å². The summed E-state index contributed by atoms with van der Waals surface area (Å²) < 4.78 is 6.09. The Bertz CT molecular complexity index is 667. The van der Waals surface area contributed by atoms with Crippen LogP contribution in [0, 0.1) is 5.92 Å². The minimum atomic E-state index is -0.923. The first-order valence-electron chi connectivity index (χ1n) is 6.49. The zero-order valence-corrected chi connectivity index (χ0v) is 14.4. The Morgan fingerprint density at radius 1 is 1.48 bits per heavy atom. The van der Waals surface area contributed by atoms with E-state index in [1.54, 1.807) is 7.11 Å². The third-order valence-corrected chi connectivity index (χ3v) is 4.71. The second-order valence-electron chi connectivity index (χ2n) is 5.04. The number of hydrogen-bond donors (Lipinski definition) is 1. The summed E-state index contributed by atoms with van der Waals surface area (Å²) in [4.78, 5) is 16.2. The lowest BCUT2D eigenvalue weighted by Crippen LogP contribution is -2.02. The lowest BCUT2D eigenvalue weighted by molar-refractivity contribution is 0.0700. The minimum Gasteiger partial charge on any atom is -0.497 e. The molecule has 0 saturated heterocycles. The summed E-state index contributed by atoms with van der Waals surface area (Å²) in [6.45, 7) is 4.10. The summed E-state index contributed by atoms with van der Waals surface area (Å²) in [6.07, 6.45) is 0.653. The lowest BCUT2D eigenvalue weighted by atomic mass is 10.1. The van der Waals surface area contributed by atoms with E-state index in [1.165, 1.54) is 11.3 Å². The fourth-order valence-electron chi connectivity index (χ4n) is 1.95. The third-order valence-electron chi connectivity index (χ3n) is 2.90. The first-order chi connectivity index (χ1) is 9.92. The Morgan fingerprint density at radius 2 is 2.19 bits per heavy atom. The van der Waals surface area contributed by atoms with Crippen molar-refractivity contribution < 1.29 is 14.6 Å². The number of aromatic carboxylic acids is 1. The van der Waals surface area contributed by atoms with Crippen LogP contribution in [0.5, 0.6) is 5.75 Å². The van der Waals surface area contributed by atoms with Gasteiger partial charge in [0.05, 0.1) is 12.8 Å². The first kappa shape index (κ1) is 16.0. The van der Waals surface area contributed by atoms with Gasteiger partial charge >= 0.3 is 5.97 Å². The van der Waals surface area contributed by atoms with Gasteiger partial charge in [-0.2, -0.15) is 0 Å². The van der Waals surface area contributed by atoms with Gasteiger partial charge in [0.2, 0.25) is 0 Å². The van der Waals surface area contributed by atoms with Crippen LogP contribution in [0.2, 0.25) is 0 Å². The molecule has 0 radical (unpaired) electrons. The Hall–Kier alpha value is -1.40. The van der Waals surface area contributed by atoms with Gasteiger partial charge in [0, 0.05) is 10.0 Å². The molecule has 0 saturated carbocycles. The summed E-state index contributed by atoms with van der Waals surface area (Å²) in [5, 5.41) is 10.0. The van der Waals surface area contributed by atoms with Gasteiger partial charge in [0.25, 0.3) is 0 Å². The molecular weight excluding hydrogens is 354 g/mol. The van der Waals surface area contributed by atoms with Crippen molar-refractivity contribution in [3.8, 4) is 16.3 Å². The number of nitrogens with zero attached hydrogens (tertiary/aromatic N) is 1. The smallest absolute Gasteiger partial charge is 0.347 e. The molecule has 1 heterocycles. The maximum absolute atomic E-state index is 11.4. The number of thiazole rings is 1. The van der Waals surface area contributed by atoms with Crippen molar-refractivity contribution in [2.24, 2.45) is 5.92 Å². The van der Waals surface area contributed by atoms with Gasteiger partial charge in [-0.05, 0) is 30.5 Å². The Labute approximate surface area is 135 Å². The van der Waals surface area contributed by atoms with Gasteiger partial charge < -0.3 is 9.84 Å². The van der Waals surface area contributed by atoms with Crippen LogP contribution in [-0.4, -0.2) is 23.2 Å². The number of benzene rings is 1. The lowest BCUT2D eigenvalue weighted by Gasteiger charge is -2.04. The molecule has 0 unspecified atom stereocenters. The first-order valence-corrected chi connectivity index (χ1v) is 8.10. The molecule has 1 aromatic carbocycles. The van der Waals surface area contributed by atoms with E-state index in [1.807, 2.05) is 32.0 Å². The zero-order chi connectivity index (χ0) is 15.6. The molecule has 6 heteroatoms. The molecule has 0 aliphatic rings. The topological polar surface area (TPSA) is 59.4 Å². The molecule has 0 spiro atoms. The quantitative estimate of drug-likeness (QED) is 0.843. The number of carbonyl (C=O) groups is 1. The van der Waals surface area contributed by atoms with Crippen LogP contribution in [0.25, 0.3) is 10.6 Å². The number of carboxylic acid groups (broad SMARTS) is 1. The largest absolute Gasteiger partial charge is 0.497 e. The van der Waals surface area contributed by atoms with Crippen LogP contribution >= 0.6 is 27.3 Å². The van der Waals surface area contributed by atoms with Crippen molar-refractivity contribution >= 4 is 33.2 Å². The van der Waals surface area contributed by atoms with Crippen LogP contribution < -0.4 is 4.74 Å². The van der Waals surface area contributed by atoms with Crippen LogP contribution in [0.15, 0.2) is 22.7 Å². The molecule has 2 rings (SSSR count). The van der Waals surface area contributed by atoms with Crippen molar-refractivity contribution in [1.82, 2.24) is 4.98 Å². The number of methoxy groups -OCH3 is 1. The predicted octanol–water partition coefficient (Wildman–Crippen LogP) is 4.48. The van der Waals surface area contributed by atoms with Gasteiger partial charge in [0.15, 0.2) is 0 Å². The van der Waals surface area contributed by atoms with E-state index in [2.05, 4.69) is 20.9 Å². The molecule has 4 nitrogen and oxygen atoms in total. The van der Waals surface area contributed by atoms with Gasteiger partial charge in [-0.25, -0.2) is 9.78 Å². The van der Waals surface area contributed by atoms with Gasteiger partial charge in [-0.3, -0.25) is 0 Å². The van der Waals surface area contributed by atoms with E-state index in [4.69, 9.17) is 4.74 Å². The average Bonchev–Trinajstić information content (AvgIpc) is 2.82. The molecule has 2 aromatic rings. The molecular formula is C15H16BrNO3S. The maximum atomic E-state index is 11.4. The third kappa shape index (κ3) is 3.63. The van der Waals surface area contributed by atoms with E-state index >= 15 is 0 Å². The monoisotopic (exact) mass is 369 g/mol. The van der Waals surface area contributed by atoms with E-state index in [9.17, 15) is 9.90 Å². The van der Waals surface area contributed by atoms with Crippen molar-refractivity contribution in [2.75, 3.05) is 7.11 Å². The standard InChI is InChI=1S/C15H16BrNO3S/c1-8(2)6-12-13(15(18)19)21-14(17-12)10-7-9(20-3)4-5-11(10)16/h4-5,7-8H,6H2,1-3H3,(H,18,19). The van der Waals surface area contributed by atoms with E-state index in [0.29, 0.717) is 33.7 Å². The summed E-state index contributed by atoms with van der Waals surface area (Å²) in [6, 6.07) is 5.57. The predicted molar refractivity (Wildman–Crippen MR) is 87.3 cm³/mol. The Kier molecular flexibility index (Phi) is 5.00. The fraction of sp³-hybridized carbons (Fsp3) is 0.333. The van der Waals surface area contributed by atoms with Crippen molar-refractivity contribution in [3.63, 3.8) is 0 Å². The van der Waals surface area contributed by atoms with E-state index in [0.717, 1.165) is 10.0 Å². The summed E-state index contributed by atoms with van der Waals surface area (Å²) in [5.41, 5.74) is 1.49. The molecule has 0 aliphatic heterocycles. The molecule has 0 atom stereocenters. The highest BCUT2D eigenvalue weighted by Gasteiger charge is 2.20. The van der Waals surface area contributed by atoms with Crippen molar-refractivity contribution in [2.45, 2.75) is 20.3 Å². The van der Waals surface area contributed by atoms with E-state index in [-0.39, 0.29) is 0 Å². The second-order valence-corrected chi connectivity index (χ2v) is 6.90. The number of ether oxygens (including phenoxy) is 1. The van der Waals surface area contributed by atoms with Crippen LogP contribution in [0.4, 0.5) is 0 Å². The fourth-order valence-corrected chi connectivity index (χ4v) is 3.48.